The molecule has 0 radical (unpaired) electrons. The van der Waals surface area contributed by atoms with Crippen molar-refractivity contribution >= 4 is 11.8 Å². The van der Waals surface area contributed by atoms with Crippen LogP contribution < -0.4 is 5.32 Å². The summed E-state index contributed by atoms with van der Waals surface area (Å²) in [6.07, 6.45) is 13.9. The zero-order chi connectivity index (χ0) is 11.4. The molecule has 0 saturated heterocycles. The summed E-state index contributed by atoms with van der Waals surface area (Å²) in [6, 6.07) is 0.731. The van der Waals surface area contributed by atoms with Crippen molar-refractivity contribution in [1.82, 2.24) is 5.32 Å². The van der Waals surface area contributed by atoms with Gasteiger partial charge >= 0.3 is 0 Å². The predicted octanol–water partition coefficient (Wildman–Crippen LogP) is 3.83. The molecule has 2 rings (SSSR count). The van der Waals surface area contributed by atoms with Crippen molar-refractivity contribution in [2.45, 2.75) is 69.1 Å². The van der Waals surface area contributed by atoms with Crippen molar-refractivity contribution in [2.24, 2.45) is 5.92 Å². The molecule has 0 bridgehead atoms. The van der Waals surface area contributed by atoms with Crippen molar-refractivity contribution in [3.8, 4) is 0 Å². The van der Waals surface area contributed by atoms with Crippen LogP contribution in [0.1, 0.15) is 58.3 Å². The normalized spacial score (nSPS) is 26.6. The standard InChI is InChI=1S/C14H27NS/c1-12(10-13-6-5-7-13)15-11-14(16-2)8-3-4-9-14/h12-13,15H,3-11H2,1-2H3. The van der Waals surface area contributed by atoms with Gasteiger partial charge in [-0.05, 0) is 38.4 Å². The summed E-state index contributed by atoms with van der Waals surface area (Å²) in [4.78, 5) is 0. The maximum Gasteiger partial charge on any atom is 0.0281 e. The zero-order valence-corrected chi connectivity index (χ0v) is 11.7. The smallest absolute Gasteiger partial charge is 0.0281 e. The molecular weight excluding hydrogens is 214 g/mol. The summed E-state index contributed by atoms with van der Waals surface area (Å²) in [7, 11) is 0. The number of hydrogen-bond donors (Lipinski definition) is 1. The molecular formula is C14H27NS. The van der Waals surface area contributed by atoms with E-state index in [0.717, 1.165) is 12.0 Å². The Kier molecular flexibility index (Phi) is 4.60. The minimum absolute atomic E-state index is 0.577. The third-order valence-corrected chi connectivity index (χ3v) is 6.05. The Hall–Kier alpha value is 0.310. The van der Waals surface area contributed by atoms with Crippen molar-refractivity contribution in [1.29, 1.82) is 0 Å². The van der Waals surface area contributed by atoms with Crippen LogP contribution in [0.25, 0.3) is 0 Å². The van der Waals surface area contributed by atoms with Gasteiger partial charge in [0.25, 0.3) is 0 Å². The number of thioether (sulfide) groups is 1. The lowest BCUT2D eigenvalue weighted by Gasteiger charge is -2.32. The lowest BCUT2D eigenvalue weighted by atomic mass is 9.81. The quantitative estimate of drug-likeness (QED) is 0.758. The molecule has 0 aliphatic heterocycles. The Labute approximate surface area is 105 Å². The fourth-order valence-electron chi connectivity index (χ4n) is 3.14. The van der Waals surface area contributed by atoms with E-state index in [1.54, 1.807) is 0 Å². The number of rotatable bonds is 6. The molecule has 0 aromatic heterocycles. The highest BCUT2D eigenvalue weighted by Gasteiger charge is 2.33. The van der Waals surface area contributed by atoms with Crippen LogP contribution >= 0.6 is 11.8 Å². The molecule has 0 spiro atoms. The molecule has 2 aliphatic carbocycles. The Morgan fingerprint density at radius 3 is 2.44 bits per heavy atom. The van der Waals surface area contributed by atoms with Crippen LogP contribution in [0.4, 0.5) is 0 Å². The molecule has 1 N–H and O–H groups in total. The third kappa shape index (κ3) is 3.16. The van der Waals surface area contributed by atoms with E-state index < -0.39 is 0 Å². The summed E-state index contributed by atoms with van der Waals surface area (Å²) in [6.45, 7) is 3.61. The topological polar surface area (TPSA) is 12.0 Å². The molecule has 0 aromatic carbocycles. The molecule has 2 heteroatoms. The van der Waals surface area contributed by atoms with Gasteiger partial charge in [-0.3, -0.25) is 0 Å². The molecule has 1 unspecified atom stereocenters. The van der Waals surface area contributed by atoms with Crippen LogP contribution in [0.5, 0.6) is 0 Å². The van der Waals surface area contributed by atoms with Crippen LogP contribution in [0.2, 0.25) is 0 Å². The zero-order valence-electron chi connectivity index (χ0n) is 10.9. The summed E-state index contributed by atoms with van der Waals surface area (Å²) in [5.74, 6) is 1.04. The van der Waals surface area contributed by atoms with Crippen LogP contribution in [0.15, 0.2) is 0 Å². The van der Waals surface area contributed by atoms with Gasteiger partial charge < -0.3 is 5.32 Å². The minimum atomic E-state index is 0.577. The maximum absolute atomic E-state index is 3.79. The second kappa shape index (κ2) is 5.77. The Morgan fingerprint density at radius 2 is 1.94 bits per heavy atom. The first kappa shape index (κ1) is 12.8. The Morgan fingerprint density at radius 1 is 1.25 bits per heavy atom. The summed E-state index contributed by atoms with van der Waals surface area (Å²) in [5, 5.41) is 3.79. The van der Waals surface area contributed by atoms with E-state index in [-0.39, 0.29) is 0 Å². The molecule has 94 valence electrons. The van der Waals surface area contributed by atoms with Crippen LogP contribution in [0, 0.1) is 5.92 Å². The van der Waals surface area contributed by atoms with E-state index in [4.69, 9.17) is 0 Å². The third-order valence-electron chi connectivity index (χ3n) is 4.63. The Bertz CT molecular complexity index is 207. The first-order chi connectivity index (χ1) is 7.74. The minimum Gasteiger partial charge on any atom is -0.313 e. The molecule has 2 aliphatic rings. The van der Waals surface area contributed by atoms with E-state index in [1.807, 2.05) is 0 Å². The van der Waals surface area contributed by atoms with E-state index in [1.165, 1.54) is 57.9 Å². The molecule has 2 fully saturated rings. The average molecular weight is 241 g/mol. The van der Waals surface area contributed by atoms with E-state index in [2.05, 4.69) is 30.3 Å². The second-order valence-electron chi connectivity index (χ2n) is 5.91. The molecule has 16 heavy (non-hydrogen) atoms. The maximum atomic E-state index is 3.79. The molecule has 0 amide bonds. The van der Waals surface area contributed by atoms with Gasteiger partial charge in [-0.1, -0.05) is 32.1 Å². The van der Waals surface area contributed by atoms with E-state index in [0.29, 0.717) is 4.75 Å². The molecule has 2 saturated carbocycles. The largest absolute Gasteiger partial charge is 0.313 e. The molecule has 1 nitrogen and oxygen atoms in total. The van der Waals surface area contributed by atoms with Gasteiger partial charge in [0.15, 0.2) is 0 Å². The lowest BCUT2D eigenvalue weighted by molar-refractivity contribution is 0.263. The van der Waals surface area contributed by atoms with Gasteiger partial charge in [0, 0.05) is 17.3 Å². The van der Waals surface area contributed by atoms with Crippen molar-refractivity contribution in [3.05, 3.63) is 0 Å². The van der Waals surface area contributed by atoms with E-state index >= 15 is 0 Å². The summed E-state index contributed by atoms with van der Waals surface area (Å²) >= 11 is 2.10. The van der Waals surface area contributed by atoms with Gasteiger partial charge in [0.05, 0.1) is 0 Å². The van der Waals surface area contributed by atoms with Crippen LogP contribution in [-0.2, 0) is 0 Å². The van der Waals surface area contributed by atoms with Gasteiger partial charge in [-0.25, -0.2) is 0 Å². The highest BCUT2D eigenvalue weighted by atomic mass is 32.2. The van der Waals surface area contributed by atoms with Crippen molar-refractivity contribution in [3.63, 3.8) is 0 Å². The Balaban J connectivity index is 1.68. The first-order valence-corrected chi connectivity index (χ1v) is 8.25. The molecule has 0 heterocycles. The van der Waals surface area contributed by atoms with E-state index in [9.17, 15) is 0 Å². The van der Waals surface area contributed by atoms with Gasteiger partial charge in [-0.15, -0.1) is 0 Å². The molecule has 1 atom stereocenters. The fraction of sp³-hybridized carbons (Fsp3) is 1.00. The average Bonchev–Trinajstić information content (AvgIpc) is 2.70. The summed E-state index contributed by atoms with van der Waals surface area (Å²) in [5.41, 5.74) is 0. The second-order valence-corrected chi connectivity index (χ2v) is 7.18. The van der Waals surface area contributed by atoms with Crippen molar-refractivity contribution < 1.29 is 0 Å². The SMILES string of the molecule is CSC1(CNC(C)CC2CCC2)CCCC1. The lowest BCUT2D eigenvalue weighted by Crippen LogP contribution is -2.40. The monoisotopic (exact) mass is 241 g/mol. The summed E-state index contributed by atoms with van der Waals surface area (Å²) < 4.78 is 0.577. The fourth-order valence-corrected chi connectivity index (χ4v) is 4.07. The number of nitrogens with one attached hydrogen (secondary N) is 1. The number of hydrogen-bond acceptors (Lipinski definition) is 2. The van der Waals surface area contributed by atoms with Gasteiger partial charge in [0.2, 0.25) is 0 Å². The highest BCUT2D eigenvalue weighted by Crippen LogP contribution is 2.39. The first-order valence-electron chi connectivity index (χ1n) is 7.03. The predicted molar refractivity (Wildman–Crippen MR) is 74.1 cm³/mol. The molecule has 0 aromatic rings. The van der Waals surface area contributed by atoms with Gasteiger partial charge in [-0.2, -0.15) is 11.8 Å². The van der Waals surface area contributed by atoms with Crippen LogP contribution in [-0.4, -0.2) is 23.6 Å². The van der Waals surface area contributed by atoms with Gasteiger partial charge in [0.1, 0.15) is 0 Å². The highest BCUT2D eigenvalue weighted by molar-refractivity contribution is 8.00. The van der Waals surface area contributed by atoms with Crippen LogP contribution in [0.3, 0.4) is 0 Å². The van der Waals surface area contributed by atoms with Crippen molar-refractivity contribution in [2.75, 3.05) is 12.8 Å².